The molecule has 0 fully saturated rings. The van der Waals surface area contributed by atoms with Gasteiger partial charge in [0.15, 0.2) is 0 Å². The predicted octanol–water partition coefficient (Wildman–Crippen LogP) is 2.44. The molecule has 3 heteroatoms. The van der Waals surface area contributed by atoms with Crippen molar-refractivity contribution in [1.29, 1.82) is 0 Å². The van der Waals surface area contributed by atoms with Crippen LogP contribution < -0.4 is 5.48 Å². The van der Waals surface area contributed by atoms with Crippen LogP contribution in [0.5, 0.6) is 0 Å². The molecule has 2 N–H and O–H groups in total. The van der Waals surface area contributed by atoms with E-state index < -0.39 is 0 Å². The SMILES string of the molecule is Cc1ccc(C)c(CNO)c1Cl. The number of hydroxylamine groups is 1. The molecule has 0 unspecified atom stereocenters. The first-order valence-electron chi connectivity index (χ1n) is 3.78. The van der Waals surface area contributed by atoms with Crippen molar-refractivity contribution in [3.8, 4) is 0 Å². The maximum Gasteiger partial charge on any atom is 0.0483 e. The fraction of sp³-hybridized carbons (Fsp3) is 0.333. The Morgan fingerprint density at radius 2 is 1.92 bits per heavy atom. The van der Waals surface area contributed by atoms with Gasteiger partial charge in [0.05, 0.1) is 0 Å². The van der Waals surface area contributed by atoms with E-state index in [-0.39, 0.29) is 0 Å². The molecule has 0 aliphatic heterocycles. The molecular formula is C9H12ClNO. The minimum Gasteiger partial charge on any atom is -0.316 e. The van der Waals surface area contributed by atoms with E-state index in [1.807, 2.05) is 26.0 Å². The fourth-order valence-electron chi connectivity index (χ4n) is 1.13. The molecule has 0 saturated carbocycles. The fourth-order valence-corrected chi connectivity index (χ4v) is 1.41. The smallest absolute Gasteiger partial charge is 0.0483 e. The Kier molecular flexibility index (Phi) is 3.09. The number of hydrogen-bond donors (Lipinski definition) is 2. The Morgan fingerprint density at radius 3 is 2.50 bits per heavy atom. The van der Waals surface area contributed by atoms with Crippen LogP contribution in [-0.4, -0.2) is 5.21 Å². The highest BCUT2D eigenvalue weighted by molar-refractivity contribution is 6.32. The normalized spacial score (nSPS) is 10.3. The van der Waals surface area contributed by atoms with Gasteiger partial charge in [-0.1, -0.05) is 23.7 Å². The summed E-state index contributed by atoms with van der Waals surface area (Å²) >= 11 is 6.03. The summed E-state index contributed by atoms with van der Waals surface area (Å²) in [6.07, 6.45) is 0. The Labute approximate surface area is 77.1 Å². The quantitative estimate of drug-likeness (QED) is 0.694. The van der Waals surface area contributed by atoms with Crippen molar-refractivity contribution in [2.24, 2.45) is 0 Å². The van der Waals surface area contributed by atoms with Crippen LogP contribution in [0.15, 0.2) is 12.1 Å². The Morgan fingerprint density at radius 1 is 1.33 bits per heavy atom. The minimum absolute atomic E-state index is 0.395. The van der Waals surface area contributed by atoms with E-state index in [4.69, 9.17) is 16.8 Å². The average molecular weight is 186 g/mol. The van der Waals surface area contributed by atoms with Crippen LogP contribution in [0.4, 0.5) is 0 Å². The molecule has 0 aliphatic carbocycles. The van der Waals surface area contributed by atoms with Gasteiger partial charge in [0, 0.05) is 11.6 Å². The lowest BCUT2D eigenvalue weighted by Gasteiger charge is -2.08. The molecule has 1 aromatic carbocycles. The molecule has 0 bridgehead atoms. The molecule has 12 heavy (non-hydrogen) atoms. The third kappa shape index (κ3) is 1.78. The van der Waals surface area contributed by atoms with Gasteiger partial charge in [-0.05, 0) is 30.5 Å². The Hall–Kier alpha value is -0.570. The van der Waals surface area contributed by atoms with E-state index in [1.165, 1.54) is 0 Å². The molecule has 0 spiro atoms. The number of aryl methyl sites for hydroxylation is 2. The molecule has 0 atom stereocenters. The van der Waals surface area contributed by atoms with Crippen molar-refractivity contribution >= 4 is 11.6 Å². The standard InChI is InChI=1S/C9H12ClNO/c1-6-3-4-7(2)9(10)8(6)5-11-12/h3-4,11-12H,5H2,1-2H3. The molecule has 0 radical (unpaired) electrons. The zero-order valence-electron chi connectivity index (χ0n) is 7.19. The molecule has 66 valence electrons. The van der Waals surface area contributed by atoms with Crippen molar-refractivity contribution in [2.45, 2.75) is 20.4 Å². The average Bonchev–Trinajstić information content (AvgIpc) is 2.06. The van der Waals surface area contributed by atoms with Gasteiger partial charge in [-0.15, -0.1) is 0 Å². The summed E-state index contributed by atoms with van der Waals surface area (Å²) in [5.74, 6) is 0. The number of halogens is 1. The number of benzene rings is 1. The number of nitrogens with one attached hydrogen (secondary N) is 1. The van der Waals surface area contributed by atoms with Gasteiger partial charge in [-0.25, -0.2) is 5.48 Å². The topological polar surface area (TPSA) is 32.3 Å². The van der Waals surface area contributed by atoms with Crippen molar-refractivity contribution in [1.82, 2.24) is 5.48 Å². The van der Waals surface area contributed by atoms with Gasteiger partial charge in [0.2, 0.25) is 0 Å². The monoisotopic (exact) mass is 185 g/mol. The van der Waals surface area contributed by atoms with Crippen LogP contribution in [0.25, 0.3) is 0 Å². The summed E-state index contributed by atoms with van der Waals surface area (Å²) in [4.78, 5) is 0. The highest BCUT2D eigenvalue weighted by atomic mass is 35.5. The van der Waals surface area contributed by atoms with Crippen LogP contribution in [-0.2, 0) is 6.54 Å². The first-order chi connectivity index (χ1) is 5.66. The van der Waals surface area contributed by atoms with E-state index in [1.54, 1.807) is 0 Å². The van der Waals surface area contributed by atoms with Gasteiger partial charge >= 0.3 is 0 Å². The summed E-state index contributed by atoms with van der Waals surface area (Å²) in [6, 6.07) is 3.96. The van der Waals surface area contributed by atoms with E-state index in [0.717, 1.165) is 21.7 Å². The number of hydrogen-bond acceptors (Lipinski definition) is 2. The van der Waals surface area contributed by atoms with Crippen LogP contribution in [0, 0.1) is 13.8 Å². The third-order valence-corrected chi connectivity index (χ3v) is 2.45. The van der Waals surface area contributed by atoms with Crippen LogP contribution in [0.2, 0.25) is 5.02 Å². The lowest BCUT2D eigenvalue weighted by atomic mass is 10.1. The molecule has 0 amide bonds. The zero-order chi connectivity index (χ0) is 9.14. The predicted molar refractivity (Wildman–Crippen MR) is 49.6 cm³/mol. The minimum atomic E-state index is 0.395. The second-order valence-electron chi connectivity index (χ2n) is 2.83. The largest absolute Gasteiger partial charge is 0.316 e. The highest BCUT2D eigenvalue weighted by Gasteiger charge is 2.05. The van der Waals surface area contributed by atoms with Crippen LogP contribution >= 0.6 is 11.6 Å². The van der Waals surface area contributed by atoms with Gasteiger partial charge in [0.1, 0.15) is 0 Å². The van der Waals surface area contributed by atoms with Gasteiger partial charge < -0.3 is 5.21 Å². The Balaban J connectivity index is 3.14. The summed E-state index contributed by atoms with van der Waals surface area (Å²) in [5.41, 5.74) is 5.19. The van der Waals surface area contributed by atoms with E-state index in [9.17, 15) is 0 Å². The highest BCUT2D eigenvalue weighted by Crippen LogP contribution is 2.23. The molecule has 1 aromatic rings. The summed E-state index contributed by atoms with van der Waals surface area (Å²) in [7, 11) is 0. The number of rotatable bonds is 2. The lowest BCUT2D eigenvalue weighted by molar-refractivity contribution is 0.161. The molecule has 0 aromatic heterocycles. The molecule has 2 nitrogen and oxygen atoms in total. The second-order valence-corrected chi connectivity index (χ2v) is 3.20. The van der Waals surface area contributed by atoms with Gasteiger partial charge in [-0.2, -0.15) is 0 Å². The molecule has 0 saturated heterocycles. The molecule has 0 aliphatic rings. The first kappa shape index (κ1) is 9.52. The summed E-state index contributed by atoms with van der Waals surface area (Å²) in [5, 5.41) is 9.28. The van der Waals surface area contributed by atoms with E-state index in [0.29, 0.717) is 6.54 Å². The maximum absolute atomic E-state index is 8.55. The second kappa shape index (κ2) is 3.90. The molecule has 1 rings (SSSR count). The molecule has 0 heterocycles. The van der Waals surface area contributed by atoms with Crippen molar-refractivity contribution < 1.29 is 5.21 Å². The van der Waals surface area contributed by atoms with Crippen molar-refractivity contribution in [3.63, 3.8) is 0 Å². The van der Waals surface area contributed by atoms with Crippen molar-refractivity contribution in [3.05, 3.63) is 33.8 Å². The van der Waals surface area contributed by atoms with E-state index in [2.05, 4.69) is 5.48 Å². The van der Waals surface area contributed by atoms with Crippen LogP contribution in [0.1, 0.15) is 16.7 Å². The lowest BCUT2D eigenvalue weighted by Crippen LogP contribution is -2.08. The maximum atomic E-state index is 8.55. The van der Waals surface area contributed by atoms with Gasteiger partial charge in [-0.3, -0.25) is 0 Å². The zero-order valence-corrected chi connectivity index (χ0v) is 7.94. The van der Waals surface area contributed by atoms with Gasteiger partial charge in [0.25, 0.3) is 0 Å². The molecular weight excluding hydrogens is 174 g/mol. The Bertz CT molecular complexity index is 286. The van der Waals surface area contributed by atoms with E-state index >= 15 is 0 Å². The summed E-state index contributed by atoms with van der Waals surface area (Å²) in [6.45, 7) is 4.31. The summed E-state index contributed by atoms with van der Waals surface area (Å²) < 4.78 is 0. The van der Waals surface area contributed by atoms with Crippen molar-refractivity contribution in [2.75, 3.05) is 0 Å². The first-order valence-corrected chi connectivity index (χ1v) is 4.16. The third-order valence-electron chi connectivity index (χ3n) is 1.93. The van der Waals surface area contributed by atoms with Crippen LogP contribution in [0.3, 0.4) is 0 Å².